The second-order valence-corrected chi connectivity index (χ2v) is 12.0. The summed E-state index contributed by atoms with van der Waals surface area (Å²) in [7, 11) is 0. The summed E-state index contributed by atoms with van der Waals surface area (Å²) < 4.78 is 14.0. The van der Waals surface area contributed by atoms with Crippen LogP contribution < -0.4 is 5.32 Å². The zero-order valence-electron chi connectivity index (χ0n) is 20.3. The van der Waals surface area contributed by atoms with Gasteiger partial charge in [0.25, 0.3) is 5.91 Å². The number of benzene rings is 1. The number of nitrogens with one attached hydrogen (secondary N) is 1. The van der Waals surface area contributed by atoms with Crippen molar-refractivity contribution in [3.05, 3.63) is 35.6 Å². The molecule has 0 bridgehead atoms. The molecule has 1 saturated carbocycles. The van der Waals surface area contributed by atoms with Gasteiger partial charge in [0.2, 0.25) is 5.91 Å². The number of hydrogen-bond donors (Lipinski definition) is 2. The summed E-state index contributed by atoms with van der Waals surface area (Å²) in [5.74, 6) is -2.93. The van der Waals surface area contributed by atoms with E-state index in [4.69, 9.17) is 4.84 Å². The zero-order chi connectivity index (χ0) is 25.4. The minimum absolute atomic E-state index is 0.0223. The maximum absolute atomic E-state index is 14.7. The average Bonchev–Trinajstić information content (AvgIpc) is 3.04. The van der Waals surface area contributed by atoms with Crippen LogP contribution in [0.2, 0.25) is 0 Å². The van der Waals surface area contributed by atoms with Gasteiger partial charge in [0, 0.05) is 10.3 Å². The quantitative estimate of drug-likeness (QED) is 0.347. The van der Waals surface area contributed by atoms with Gasteiger partial charge in [0.1, 0.15) is 28.9 Å². The maximum Gasteiger partial charge on any atom is 0.327 e. The summed E-state index contributed by atoms with van der Waals surface area (Å²) in [6, 6.07) is 3.88. The van der Waals surface area contributed by atoms with E-state index in [0.717, 1.165) is 38.5 Å². The maximum atomic E-state index is 14.7. The van der Waals surface area contributed by atoms with E-state index in [1.54, 1.807) is 19.9 Å². The Hall–Kier alpha value is -2.62. The second kappa shape index (κ2) is 9.79. The highest BCUT2D eigenvalue weighted by Crippen LogP contribution is 2.50. The number of carboxylic acid groups (broad SMARTS) is 1. The molecule has 1 aliphatic carbocycles. The normalized spacial score (nSPS) is 27.8. The average molecular weight is 506 g/mol. The van der Waals surface area contributed by atoms with Crippen LogP contribution in [-0.2, 0) is 19.2 Å². The molecule has 4 rings (SSSR count). The third-order valence-electron chi connectivity index (χ3n) is 7.07. The summed E-state index contributed by atoms with van der Waals surface area (Å²) in [5.41, 5.74) is -0.832. The number of amides is 2. The number of hydrogen-bond acceptors (Lipinski definition) is 6. The Bertz CT molecular complexity index is 1040. The number of oxime groups is 1. The highest BCUT2D eigenvalue weighted by molar-refractivity contribution is 8.01. The molecule has 1 aromatic carbocycles. The van der Waals surface area contributed by atoms with Crippen molar-refractivity contribution in [3.8, 4) is 0 Å². The van der Waals surface area contributed by atoms with E-state index in [1.807, 2.05) is 6.92 Å². The van der Waals surface area contributed by atoms with Crippen molar-refractivity contribution in [3.63, 3.8) is 0 Å². The fourth-order valence-corrected chi connectivity index (χ4v) is 6.75. The lowest BCUT2D eigenvalue weighted by molar-refractivity contribution is -0.160. The molecule has 0 aromatic heterocycles. The van der Waals surface area contributed by atoms with E-state index in [2.05, 4.69) is 10.5 Å². The highest BCUT2D eigenvalue weighted by atomic mass is 32.2. The van der Waals surface area contributed by atoms with Crippen LogP contribution in [0.25, 0.3) is 0 Å². The Morgan fingerprint density at radius 1 is 1.14 bits per heavy atom. The molecule has 10 heteroatoms. The number of halogens is 1. The lowest BCUT2D eigenvalue weighted by Gasteiger charge is -2.43. The van der Waals surface area contributed by atoms with Gasteiger partial charge < -0.3 is 20.2 Å². The molecule has 1 aromatic rings. The molecular formula is C25H32FN3O5S. The van der Waals surface area contributed by atoms with Crippen LogP contribution in [0, 0.1) is 5.82 Å². The predicted molar refractivity (Wildman–Crippen MR) is 130 cm³/mol. The smallest absolute Gasteiger partial charge is 0.327 e. The van der Waals surface area contributed by atoms with Gasteiger partial charge in [0.05, 0.1) is 0 Å². The first-order valence-corrected chi connectivity index (χ1v) is 13.0. The number of nitrogens with zero attached hydrogens (tertiary/aromatic N) is 2. The van der Waals surface area contributed by atoms with Crippen molar-refractivity contribution in [2.45, 2.75) is 93.5 Å². The number of fused-ring (bicyclic) bond motifs is 1. The number of rotatable bonds is 6. The summed E-state index contributed by atoms with van der Waals surface area (Å²) in [6.07, 6.45) is 6.94. The minimum atomic E-state index is -1.09. The van der Waals surface area contributed by atoms with Crippen molar-refractivity contribution in [2.24, 2.45) is 5.16 Å². The van der Waals surface area contributed by atoms with Gasteiger partial charge >= 0.3 is 5.97 Å². The van der Waals surface area contributed by atoms with Crippen molar-refractivity contribution in [2.75, 3.05) is 0 Å². The van der Waals surface area contributed by atoms with Gasteiger partial charge in [-0.05, 0) is 58.6 Å². The van der Waals surface area contributed by atoms with Crippen molar-refractivity contribution in [1.29, 1.82) is 0 Å². The Morgan fingerprint density at radius 2 is 1.77 bits per heavy atom. The number of aliphatic carboxylic acids is 1. The summed E-state index contributed by atoms with van der Waals surface area (Å²) in [5, 5.41) is 15.9. The first kappa shape index (κ1) is 25.5. The molecule has 8 nitrogen and oxygen atoms in total. The van der Waals surface area contributed by atoms with Crippen molar-refractivity contribution < 1.29 is 28.7 Å². The molecule has 2 saturated heterocycles. The van der Waals surface area contributed by atoms with E-state index in [9.17, 15) is 23.9 Å². The number of carboxylic acids is 1. The second-order valence-electron chi connectivity index (χ2n) is 10.3. The summed E-state index contributed by atoms with van der Waals surface area (Å²) >= 11 is 1.32. The third-order valence-corrected chi connectivity index (χ3v) is 8.65. The number of thioether (sulfide) groups is 1. The number of β-lactam (4-membered cyclic amide) rings is 1. The van der Waals surface area contributed by atoms with Gasteiger partial charge in [-0.15, -0.1) is 11.8 Å². The predicted octanol–water partition coefficient (Wildman–Crippen LogP) is 3.68. The van der Waals surface area contributed by atoms with E-state index in [-0.39, 0.29) is 11.3 Å². The van der Waals surface area contributed by atoms with Crippen molar-refractivity contribution in [1.82, 2.24) is 10.2 Å². The molecule has 190 valence electrons. The van der Waals surface area contributed by atoms with Crippen LogP contribution in [0.3, 0.4) is 0 Å². The molecule has 0 unspecified atom stereocenters. The molecule has 0 spiro atoms. The first-order valence-electron chi connectivity index (χ1n) is 12.1. The fraction of sp³-hybridized carbons (Fsp3) is 0.600. The fourth-order valence-electron chi connectivity index (χ4n) is 5.12. The van der Waals surface area contributed by atoms with Crippen LogP contribution in [0.1, 0.15) is 71.3 Å². The van der Waals surface area contributed by atoms with E-state index >= 15 is 0 Å². The van der Waals surface area contributed by atoms with Crippen LogP contribution in [0.4, 0.5) is 4.39 Å². The van der Waals surface area contributed by atoms with Gasteiger partial charge in [-0.25, -0.2) is 9.18 Å². The molecule has 2 amide bonds. The van der Waals surface area contributed by atoms with Crippen LogP contribution in [0.5, 0.6) is 0 Å². The Morgan fingerprint density at radius 3 is 2.40 bits per heavy atom. The number of carbonyl (C=O) groups is 3. The van der Waals surface area contributed by atoms with Gasteiger partial charge in [0.15, 0.2) is 5.71 Å². The number of carbonyl (C=O) groups excluding carboxylic acids is 2. The molecular weight excluding hydrogens is 473 g/mol. The largest absolute Gasteiger partial charge is 0.480 e. The third kappa shape index (κ3) is 5.03. The SMILES string of the molecule is CC1(O/N=C(\C(=O)N[C@H]2C(=O)N3[C@@H]2SC(C)(C)[C@@H]3C(=O)O)c2ccccc2F)CCCCCCC1. The topological polar surface area (TPSA) is 108 Å². The Balaban J connectivity index is 1.56. The van der Waals surface area contributed by atoms with Crippen molar-refractivity contribution >= 4 is 35.3 Å². The van der Waals surface area contributed by atoms with Crippen LogP contribution in [-0.4, -0.2) is 61.3 Å². The van der Waals surface area contributed by atoms with Gasteiger partial charge in [-0.2, -0.15) is 0 Å². The van der Waals surface area contributed by atoms with Gasteiger partial charge in [-0.3, -0.25) is 9.59 Å². The molecule has 3 aliphatic rings. The van der Waals surface area contributed by atoms with Crippen LogP contribution >= 0.6 is 11.8 Å². The lowest BCUT2D eigenvalue weighted by Crippen LogP contribution is -2.71. The molecule has 0 radical (unpaired) electrons. The first-order chi connectivity index (χ1) is 16.5. The summed E-state index contributed by atoms with van der Waals surface area (Å²) in [4.78, 5) is 45.1. The molecule has 2 heterocycles. The van der Waals surface area contributed by atoms with E-state index in [0.29, 0.717) is 0 Å². The van der Waals surface area contributed by atoms with Crippen LogP contribution in [0.15, 0.2) is 29.4 Å². The Labute approximate surface area is 208 Å². The minimum Gasteiger partial charge on any atom is -0.480 e. The lowest BCUT2D eigenvalue weighted by atomic mass is 9.89. The van der Waals surface area contributed by atoms with E-state index in [1.165, 1.54) is 41.3 Å². The molecule has 3 atom stereocenters. The molecule has 2 N–H and O–H groups in total. The highest BCUT2D eigenvalue weighted by Gasteiger charge is 2.64. The van der Waals surface area contributed by atoms with Gasteiger partial charge in [-0.1, -0.05) is 36.6 Å². The van der Waals surface area contributed by atoms with E-state index < -0.39 is 51.4 Å². The summed E-state index contributed by atoms with van der Waals surface area (Å²) in [6.45, 7) is 5.47. The zero-order valence-corrected chi connectivity index (χ0v) is 21.1. The molecule has 35 heavy (non-hydrogen) atoms. The molecule has 2 aliphatic heterocycles. The molecule has 3 fully saturated rings. The monoisotopic (exact) mass is 505 g/mol. The standard InChI is InChI=1S/C25H32FN3O5S/c1-24(2)19(23(32)33)29-21(31)18(22(29)35-24)27-20(30)17(15-11-7-8-12-16(15)26)28-34-25(3)13-9-5-4-6-10-14-25/h7-8,11-12,18-19,22H,4-6,9-10,13-14H2,1-3H3,(H,27,30)(H,32,33)/b28-17-/t18-,19-,22+/m0/s1. The Kier molecular flexibility index (Phi) is 7.13.